The predicted octanol–water partition coefficient (Wildman–Crippen LogP) is 2.58. The minimum atomic E-state index is -0.601. The number of hydrogen-bond donors (Lipinski definition) is 2. The molecular formula is C14H26N2O3. The molecule has 0 saturated carbocycles. The third-order valence-corrected chi connectivity index (χ3v) is 2.56. The molecule has 5 heteroatoms. The molecule has 0 aliphatic rings. The Hall–Kier alpha value is -1.52. The summed E-state index contributed by atoms with van der Waals surface area (Å²) < 4.78 is 5.17. The Morgan fingerprint density at radius 1 is 1.32 bits per heavy atom. The smallest absolute Gasteiger partial charge is 0.408 e. The van der Waals surface area contributed by atoms with Crippen molar-refractivity contribution in [2.45, 2.75) is 59.6 Å². The number of hydrogen-bond acceptors (Lipinski definition) is 3. The lowest BCUT2D eigenvalue weighted by molar-refractivity contribution is -0.123. The van der Waals surface area contributed by atoms with Gasteiger partial charge < -0.3 is 15.4 Å². The van der Waals surface area contributed by atoms with Crippen molar-refractivity contribution >= 4 is 12.0 Å². The van der Waals surface area contributed by atoms with E-state index in [0.717, 1.165) is 6.42 Å². The predicted molar refractivity (Wildman–Crippen MR) is 75.6 cm³/mol. The Balaban J connectivity index is 4.69. The SMILES string of the molecule is C/C=C/NC(=O)[C@@H](NC(=O)OC(C)(C)C)[C@@H](C)CC. The first-order valence-corrected chi connectivity index (χ1v) is 6.62. The minimum absolute atomic E-state index is 0.0257. The Labute approximate surface area is 115 Å². The highest BCUT2D eigenvalue weighted by Gasteiger charge is 2.27. The summed E-state index contributed by atoms with van der Waals surface area (Å²) >= 11 is 0. The van der Waals surface area contributed by atoms with Gasteiger partial charge in [0.1, 0.15) is 11.6 Å². The van der Waals surface area contributed by atoms with E-state index < -0.39 is 17.7 Å². The van der Waals surface area contributed by atoms with E-state index in [4.69, 9.17) is 4.74 Å². The lowest BCUT2D eigenvalue weighted by atomic mass is 9.98. The van der Waals surface area contributed by atoms with Gasteiger partial charge in [-0.25, -0.2) is 4.79 Å². The molecule has 0 saturated heterocycles. The lowest BCUT2D eigenvalue weighted by Crippen LogP contribution is -2.50. The van der Waals surface area contributed by atoms with E-state index in [0.29, 0.717) is 0 Å². The Bertz CT molecular complexity index is 332. The summed E-state index contributed by atoms with van der Waals surface area (Å²) in [6.07, 6.45) is 3.48. The fourth-order valence-electron chi connectivity index (χ4n) is 1.39. The quantitative estimate of drug-likeness (QED) is 0.807. The van der Waals surface area contributed by atoms with Crippen LogP contribution in [0.5, 0.6) is 0 Å². The van der Waals surface area contributed by atoms with Crippen molar-refractivity contribution in [2.75, 3.05) is 0 Å². The van der Waals surface area contributed by atoms with E-state index >= 15 is 0 Å². The van der Waals surface area contributed by atoms with E-state index in [9.17, 15) is 9.59 Å². The fraction of sp³-hybridized carbons (Fsp3) is 0.714. The maximum atomic E-state index is 12.0. The number of allylic oxidation sites excluding steroid dienone is 1. The third kappa shape index (κ3) is 7.49. The summed E-state index contributed by atoms with van der Waals surface area (Å²) in [4.78, 5) is 23.7. The average Bonchev–Trinajstić information content (AvgIpc) is 2.29. The molecule has 110 valence electrons. The maximum Gasteiger partial charge on any atom is 0.408 e. The van der Waals surface area contributed by atoms with Gasteiger partial charge in [-0.05, 0) is 39.8 Å². The molecule has 0 aromatic rings. The molecule has 19 heavy (non-hydrogen) atoms. The van der Waals surface area contributed by atoms with Crippen molar-refractivity contribution in [3.63, 3.8) is 0 Å². The molecule has 0 spiro atoms. The van der Waals surface area contributed by atoms with E-state index in [2.05, 4.69) is 10.6 Å². The second kappa shape index (κ2) is 7.81. The summed E-state index contributed by atoms with van der Waals surface area (Å²) in [6, 6.07) is -0.601. The van der Waals surface area contributed by atoms with Crippen LogP contribution in [0.25, 0.3) is 0 Å². The maximum absolute atomic E-state index is 12.0. The number of amides is 2. The van der Waals surface area contributed by atoms with Gasteiger partial charge in [0.25, 0.3) is 0 Å². The van der Waals surface area contributed by atoms with Crippen molar-refractivity contribution < 1.29 is 14.3 Å². The summed E-state index contributed by atoms with van der Waals surface area (Å²) in [5, 5.41) is 5.25. The molecule has 0 aliphatic carbocycles. The van der Waals surface area contributed by atoms with E-state index in [1.807, 2.05) is 13.8 Å². The molecule has 0 bridgehead atoms. The van der Waals surface area contributed by atoms with Gasteiger partial charge in [-0.1, -0.05) is 26.3 Å². The monoisotopic (exact) mass is 270 g/mol. The van der Waals surface area contributed by atoms with Crippen molar-refractivity contribution in [3.8, 4) is 0 Å². The van der Waals surface area contributed by atoms with Crippen LogP contribution in [0.15, 0.2) is 12.3 Å². The van der Waals surface area contributed by atoms with Crippen LogP contribution in [0, 0.1) is 5.92 Å². The lowest BCUT2D eigenvalue weighted by Gasteiger charge is -2.25. The average molecular weight is 270 g/mol. The molecule has 0 aromatic carbocycles. The number of ether oxygens (including phenoxy) is 1. The number of rotatable bonds is 5. The topological polar surface area (TPSA) is 67.4 Å². The van der Waals surface area contributed by atoms with Crippen molar-refractivity contribution in [1.29, 1.82) is 0 Å². The summed E-state index contributed by atoms with van der Waals surface area (Å²) in [5.74, 6) is -0.212. The highest BCUT2D eigenvalue weighted by molar-refractivity contribution is 5.86. The van der Waals surface area contributed by atoms with Crippen LogP contribution in [0.4, 0.5) is 4.79 Å². The molecule has 0 rings (SSSR count). The number of carbonyl (C=O) groups is 2. The molecule has 0 unspecified atom stereocenters. The zero-order valence-corrected chi connectivity index (χ0v) is 12.7. The van der Waals surface area contributed by atoms with Gasteiger partial charge >= 0.3 is 6.09 Å². The van der Waals surface area contributed by atoms with Gasteiger partial charge in [0.05, 0.1) is 0 Å². The first kappa shape index (κ1) is 17.5. The Morgan fingerprint density at radius 3 is 2.32 bits per heavy atom. The van der Waals surface area contributed by atoms with E-state index in [-0.39, 0.29) is 11.8 Å². The van der Waals surface area contributed by atoms with Gasteiger partial charge in [0.2, 0.25) is 5.91 Å². The molecule has 0 radical (unpaired) electrons. The van der Waals surface area contributed by atoms with Crippen LogP contribution < -0.4 is 10.6 Å². The fourth-order valence-corrected chi connectivity index (χ4v) is 1.39. The third-order valence-electron chi connectivity index (χ3n) is 2.56. The molecule has 0 aromatic heterocycles. The normalized spacial score (nSPS) is 14.8. The summed E-state index contributed by atoms with van der Waals surface area (Å²) in [5.41, 5.74) is -0.579. The van der Waals surface area contributed by atoms with Crippen LogP contribution in [0.1, 0.15) is 48.0 Å². The first-order valence-electron chi connectivity index (χ1n) is 6.62. The summed E-state index contributed by atoms with van der Waals surface area (Å²) in [7, 11) is 0. The number of alkyl carbamates (subject to hydrolysis) is 1. The Morgan fingerprint density at radius 2 is 1.89 bits per heavy atom. The van der Waals surface area contributed by atoms with Gasteiger partial charge in [0, 0.05) is 0 Å². The molecule has 0 fully saturated rings. The molecule has 0 aliphatic heterocycles. The number of nitrogens with one attached hydrogen (secondary N) is 2. The van der Waals surface area contributed by atoms with Gasteiger partial charge in [-0.3, -0.25) is 4.79 Å². The van der Waals surface area contributed by atoms with Crippen LogP contribution in [0.3, 0.4) is 0 Å². The largest absolute Gasteiger partial charge is 0.444 e. The second-order valence-corrected chi connectivity index (χ2v) is 5.52. The van der Waals surface area contributed by atoms with Crippen molar-refractivity contribution in [3.05, 3.63) is 12.3 Å². The second-order valence-electron chi connectivity index (χ2n) is 5.52. The molecular weight excluding hydrogens is 244 g/mol. The molecule has 2 amide bonds. The zero-order valence-electron chi connectivity index (χ0n) is 12.7. The Kier molecular flexibility index (Phi) is 7.19. The number of carbonyl (C=O) groups excluding carboxylic acids is 2. The van der Waals surface area contributed by atoms with Crippen LogP contribution >= 0.6 is 0 Å². The van der Waals surface area contributed by atoms with Gasteiger partial charge in [-0.2, -0.15) is 0 Å². The van der Waals surface area contributed by atoms with E-state index in [1.54, 1.807) is 40.0 Å². The first-order chi connectivity index (χ1) is 8.71. The molecule has 2 N–H and O–H groups in total. The van der Waals surface area contributed by atoms with Crippen molar-refractivity contribution in [1.82, 2.24) is 10.6 Å². The van der Waals surface area contributed by atoms with Gasteiger partial charge in [-0.15, -0.1) is 0 Å². The van der Waals surface area contributed by atoms with Crippen LogP contribution in [-0.4, -0.2) is 23.6 Å². The van der Waals surface area contributed by atoms with Crippen LogP contribution in [-0.2, 0) is 9.53 Å². The minimum Gasteiger partial charge on any atom is -0.444 e. The highest BCUT2D eigenvalue weighted by atomic mass is 16.6. The molecule has 2 atom stereocenters. The van der Waals surface area contributed by atoms with Crippen molar-refractivity contribution in [2.24, 2.45) is 5.92 Å². The zero-order chi connectivity index (χ0) is 15.1. The standard InChI is InChI=1S/C14H26N2O3/c1-7-9-15-12(17)11(10(3)8-2)16-13(18)19-14(4,5)6/h7,9-11H,8H2,1-6H3,(H,15,17)(H,16,18)/b9-7+/t10-,11-/m0/s1. The van der Waals surface area contributed by atoms with Crippen LogP contribution in [0.2, 0.25) is 0 Å². The van der Waals surface area contributed by atoms with E-state index in [1.165, 1.54) is 0 Å². The molecule has 5 nitrogen and oxygen atoms in total. The van der Waals surface area contributed by atoms with Gasteiger partial charge in [0.15, 0.2) is 0 Å². The molecule has 0 heterocycles. The summed E-state index contributed by atoms with van der Waals surface area (Å²) in [6.45, 7) is 11.0. The highest BCUT2D eigenvalue weighted by Crippen LogP contribution is 2.11.